The highest BCUT2D eigenvalue weighted by Crippen LogP contribution is 2.24. The van der Waals surface area contributed by atoms with Gasteiger partial charge >= 0.3 is 0 Å². The molecule has 6 nitrogen and oxygen atoms in total. The topological polar surface area (TPSA) is 76.7 Å². The smallest absolute Gasteiger partial charge is 0.214 e. The summed E-state index contributed by atoms with van der Waals surface area (Å²) in [7, 11) is 0. The SMILES string of the molecule is Oc1ccc(-n2nnnc2SCc2csc(Cc3ccccc3)n2)cc1. The van der Waals surface area contributed by atoms with E-state index in [9.17, 15) is 5.11 Å². The van der Waals surface area contributed by atoms with E-state index in [1.54, 1.807) is 40.3 Å². The molecule has 130 valence electrons. The quantitative estimate of drug-likeness (QED) is 0.513. The molecule has 0 aliphatic heterocycles. The Balaban J connectivity index is 1.42. The molecule has 4 rings (SSSR count). The van der Waals surface area contributed by atoms with Crippen LogP contribution in [0.15, 0.2) is 65.1 Å². The minimum absolute atomic E-state index is 0.212. The van der Waals surface area contributed by atoms with Gasteiger partial charge in [-0.2, -0.15) is 4.68 Å². The zero-order valence-electron chi connectivity index (χ0n) is 13.7. The normalized spacial score (nSPS) is 10.9. The van der Waals surface area contributed by atoms with Crippen LogP contribution in [0.1, 0.15) is 16.3 Å². The lowest BCUT2D eigenvalue weighted by Crippen LogP contribution is -1.98. The summed E-state index contributed by atoms with van der Waals surface area (Å²) < 4.78 is 1.65. The fourth-order valence-electron chi connectivity index (χ4n) is 2.43. The Labute approximate surface area is 158 Å². The summed E-state index contributed by atoms with van der Waals surface area (Å²) in [6.07, 6.45) is 0.849. The van der Waals surface area contributed by atoms with E-state index in [1.165, 1.54) is 17.3 Å². The largest absolute Gasteiger partial charge is 0.508 e. The Morgan fingerprint density at radius 2 is 1.85 bits per heavy atom. The van der Waals surface area contributed by atoms with E-state index < -0.39 is 0 Å². The van der Waals surface area contributed by atoms with Gasteiger partial charge in [0.1, 0.15) is 5.75 Å². The third-order valence-electron chi connectivity index (χ3n) is 3.68. The molecule has 0 amide bonds. The van der Waals surface area contributed by atoms with Crippen LogP contribution in [0.4, 0.5) is 0 Å². The standard InChI is InChI=1S/C18H15N5OS2/c24-16-8-6-15(7-9-16)23-18(20-21-22-23)26-12-14-11-25-17(19-14)10-13-4-2-1-3-5-13/h1-9,11,24H,10,12H2. The van der Waals surface area contributed by atoms with Crippen LogP contribution in [-0.4, -0.2) is 30.3 Å². The minimum atomic E-state index is 0.212. The van der Waals surface area contributed by atoms with Crippen LogP contribution in [-0.2, 0) is 12.2 Å². The molecule has 4 aromatic rings. The average molecular weight is 381 g/mol. The van der Waals surface area contributed by atoms with Crippen LogP contribution in [0, 0.1) is 0 Å². The molecule has 0 spiro atoms. The molecule has 0 aliphatic rings. The summed E-state index contributed by atoms with van der Waals surface area (Å²) in [6, 6.07) is 17.1. The number of aromatic nitrogens is 5. The molecule has 2 aromatic carbocycles. The second-order valence-corrected chi connectivity index (χ2v) is 7.46. The summed E-state index contributed by atoms with van der Waals surface area (Å²) in [4.78, 5) is 4.71. The number of benzene rings is 2. The minimum Gasteiger partial charge on any atom is -0.508 e. The Hall–Kier alpha value is -2.71. The predicted molar refractivity (Wildman–Crippen MR) is 102 cm³/mol. The molecule has 0 fully saturated rings. The lowest BCUT2D eigenvalue weighted by Gasteiger charge is -2.03. The van der Waals surface area contributed by atoms with E-state index in [0.29, 0.717) is 10.9 Å². The molecule has 0 saturated heterocycles. The fraction of sp³-hybridized carbons (Fsp3) is 0.111. The monoisotopic (exact) mass is 381 g/mol. The fourth-order valence-corrected chi connectivity index (χ4v) is 4.15. The van der Waals surface area contributed by atoms with Gasteiger partial charge in [-0.05, 0) is 40.3 Å². The average Bonchev–Trinajstić information content (AvgIpc) is 3.31. The van der Waals surface area contributed by atoms with Crippen LogP contribution >= 0.6 is 23.1 Å². The second-order valence-electron chi connectivity index (χ2n) is 5.57. The van der Waals surface area contributed by atoms with E-state index in [2.05, 4.69) is 33.0 Å². The van der Waals surface area contributed by atoms with Gasteiger partial charge in [-0.1, -0.05) is 42.1 Å². The maximum atomic E-state index is 9.41. The van der Waals surface area contributed by atoms with Crippen molar-refractivity contribution in [3.8, 4) is 11.4 Å². The maximum absolute atomic E-state index is 9.41. The van der Waals surface area contributed by atoms with Crippen LogP contribution < -0.4 is 0 Å². The number of hydrogen-bond donors (Lipinski definition) is 1. The summed E-state index contributed by atoms with van der Waals surface area (Å²) >= 11 is 3.21. The lowest BCUT2D eigenvalue weighted by molar-refractivity contribution is 0.475. The molecular weight excluding hydrogens is 366 g/mol. The first-order valence-electron chi connectivity index (χ1n) is 7.96. The molecule has 0 atom stereocenters. The predicted octanol–water partition coefficient (Wildman–Crippen LogP) is 3.71. The van der Waals surface area contributed by atoms with Crippen molar-refractivity contribution in [3.63, 3.8) is 0 Å². The molecule has 0 aliphatic carbocycles. The molecule has 26 heavy (non-hydrogen) atoms. The Morgan fingerprint density at radius 1 is 1.04 bits per heavy atom. The Kier molecular flexibility index (Phi) is 4.94. The molecule has 2 aromatic heterocycles. The summed E-state index contributed by atoms with van der Waals surface area (Å²) in [5.41, 5.74) is 3.09. The summed E-state index contributed by atoms with van der Waals surface area (Å²) in [6.45, 7) is 0. The molecule has 1 N–H and O–H groups in total. The van der Waals surface area contributed by atoms with Gasteiger partial charge in [-0.25, -0.2) is 4.98 Å². The first-order valence-corrected chi connectivity index (χ1v) is 9.82. The number of thioether (sulfide) groups is 1. The number of phenolic OH excluding ortho intramolecular Hbond substituents is 1. The first-order chi connectivity index (χ1) is 12.8. The molecule has 0 saturated carbocycles. The highest BCUT2D eigenvalue weighted by atomic mass is 32.2. The first kappa shape index (κ1) is 16.7. The third kappa shape index (κ3) is 3.92. The molecule has 0 radical (unpaired) electrons. The number of tetrazole rings is 1. The van der Waals surface area contributed by atoms with Crippen molar-refractivity contribution >= 4 is 23.1 Å². The van der Waals surface area contributed by atoms with Crippen molar-refractivity contribution in [1.82, 2.24) is 25.2 Å². The second kappa shape index (κ2) is 7.67. The number of aromatic hydroxyl groups is 1. The summed E-state index contributed by atoms with van der Waals surface area (Å²) in [5, 5.41) is 25.1. The van der Waals surface area contributed by atoms with Gasteiger partial charge in [0.15, 0.2) is 0 Å². The van der Waals surface area contributed by atoms with Gasteiger partial charge in [0.25, 0.3) is 0 Å². The van der Waals surface area contributed by atoms with Crippen molar-refractivity contribution in [2.45, 2.75) is 17.3 Å². The van der Waals surface area contributed by atoms with Crippen LogP contribution in [0.3, 0.4) is 0 Å². The molecule has 0 unspecified atom stereocenters. The van der Waals surface area contributed by atoms with Crippen LogP contribution in [0.5, 0.6) is 5.75 Å². The molecule has 0 bridgehead atoms. The van der Waals surface area contributed by atoms with Crippen molar-refractivity contribution in [1.29, 1.82) is 0 Å². The van der Waals surface area contributed by atoms with Gasteiger partial charge in [0, 0.05) is 17.6 Å². The van der Waals surface area contributed by atoms with E-state index in [-0.39, 0.29) is 5.75 Å². The van der Waals surface area contributed by atoms with E-state index in [0.717, 1.165) is 22.8 Å². The van der Waals surface area contributed by atoms with Crippen molar-refractivity contribution in [2.75, 3.05) is 0 Å². The number of thiazole rings is 1. The highest BCUT2D eigenvalue weighted by Gasteiger charge is 2.11. The van der Waals surface area contributed by atoms with Crippen LogP contribution in [0.25, 0.3) is 5.69 Å². The van der Waals surface area contributed by atoms with Gasteiger partial charge in [-0.15, -0.1) is 16.4 Å². The van der Waals surface area contributed by atoms with Gasteiger partial charge < -0.3 is 5.11 Å². The van der Waals surface area contributed by atoms with Crippen LogP contribution in [0.2, 0.25) is 0 Å². The van der Waals surface area contributed by atoms with Gasteiger partial charge in [0.2, 0.25) is 5.16 Å². The third-order valence-corrected chi connectivity index (χ3v) is 5.53. The number of hydrogen-bond acceptors (Lipinski definition) is 7. The lowest BCUT2D eigenvalue weighted by atomic mass is 10.2. The maximum Gasteiger partial charge on any atom is 0.214 e. The Bertz CT molecular complexity index is 982. The Morgan fingerprint density at radius 3 is 2.65 bits per heavy atom. The van der Waals surface area contributed by atoms with Crippen molar-refractivity contribution in [3.05, 3.63) is 76.2 Å². The van der Waals surface area contributed by atoms with E-state index >= 15 is 0 Å². The zero-order chi connectivity index (χ0) is 17.8. The number of nitrogens with zero attached hydrogens (tertiary/aromatic N) is 5. The van der Waals surface area contributed by atoms with E-state index in [4.69, 9.17) is 4.98 Å². The molecule has 2 heterocycles. The van der Waals surface area contributed by atoms with Crippen molar-refractivity contribution < 1.29 is 5.11 Å². The molecule has 8 heteroatoms. The van der Waals surface area contributed by atoms with Gasteiger partial charge in [0.05, 0.1) is 16.4 Å². The number of rotatable bonds is 6. The van der Waals surface area contributed by atoms with Gasteiger partial charge in [-0.3, -0.25) is 0 Å². The van der Waals surface area contributed by atoms with Crippen molar-refractivity contribution in [2.24, 2.45) is 0 Å². The van der Waals surface area contributed by atoms with E-state index in [1.807, 2.05) is 18.2 Å². The summed E-state index contributed by atoms with van der Waals surface area (Å²) in [5.74, 6) is 0.911. The zero-order valence-corrected chi connectivity index (χ0v) is 15.3. The highest BCUT2D eigenvalue weighted by molar-refractivity contribution is 7.98. The molecular formula is C18H15N5OS2. The number of phenols is 1.